The van der Waals surface area contributed by atoms with E-state index in [1.165, 1.54) is 0 Å². The second-order valence-corrected chi connectivity index (χ2v) is 4.84. The van der Waals surface area contributed by atoms with Crippen LogP contribution in [0.1, 0.15) is 15.9 Å². The Hall–Kier alpha value is -1.55. The summed E-state index contributed by atoms with van der Waals surface area (Å²) in [6.45, 7) is -0.0498. The third kappa shape index (κ3) is 3.70. The number of rotatable bonds is 3. The van der Waals surface area contributed by atoms with Crippen LogP contribution in [0.5, 0.6) is 0 Å². The summed E-state index contributed by atoms with van der Waals surface area (Å²) in [7, 11) is 0. The van der Waals surface area contributed by atoms with E-state index in [1.54, 1.807) is 42.5 Å². The van der Waals surface area contributed by atoms with Crippen molar-refractivity contribution in [2.24, 2.45) is 0 Å². The van der Waals surface area contributed by atoms with Crippen molar-refractivity contribution in [3.05, 3.63) is 63.6 Å². The number of nitrogens with one attached hydrogen (secondary N) is 1. The van der Waals surface area contributed by atoms with Crippen molar-refractivity contribution in [1.29, 1.82) is 0 Å². The number of carbonyl (C=O) groups excluding carboxylic acids is 1. The molecule has 0 saturated heterocycles. The normalized spacial score (nSPS) is 10.3. The van der Waals surface area contributed by atoms with Crippen molar-refractivity contribution in [3.8, 4) is 0 Å². The van der Waals surface area contributed by atoms with Gasteiger partial charge in [-0.1, -0.05) is 35.3 Å². The van der Waals surface area contributed by atoms with Gasteiger partial charge in [-0.05, 0) is 35.9 Å². The van der Waals surface area contributed by atoms with E-state index in [-0.39, 0.29) is 12.5 Å². The summed E-state index contributed by atoms with van der Waals surface area (Å²) in [4.78, 5) is 12.0. The molecule has 0 atom stereocenters. The van der Waals surface area contributed by atoms with Gasteiger partial charge in [0.25, 0.3) is 5.91 Å². The zero-order valence-electron chi connectivity index (χ0n) is 9.86. The molecule has 0 heterocycles. The lowest BCUT2D eigenvalue weighted by molar-refractivity contribution is 0.102. The van der Waals surface area contributed by atoms with Gasteiger partial charge in [0.05, 0.1) is 6.61 Å². The van der Waals surface area contributed by atoms with Crippen LogP contribution >= 0.6 is 23.2 Å². The number of aliphatic hydroxyl groups excluding tert-OH is 1. The summed E-state index contributed by atoms with van der Waals surface area (Å²) in [6.07, 6.45) is 0. The van der Waals surface area contributed by atoms with Crippen LogP contribution in [-0.2, 0) is 6.61 Å². The molecule has 2 aromatic rings. The summed E-state index contributed by atoms with van der Waals surface area (Å²) < 4.78 is 0. The van der Waals surface area contributed by atoms with E-state index in [2.05, 4.69) is 5.32 Å². The molecule has 3 nitrogen and oxygen atoms in total. The van der Waals surface area contributed by atoms with E-state index in [0.29, 0.717) is 21.3 Å². The van der Waals surface area contributed by atoms with E-state index >= 15 is 0 Å². The molecule has 98 valence electrons. The molecule has 5 heteroatoms. The van der Waals surface area contributed by atoms with Crippen molar-refractivity contribution in [2.45, 2.75) is 6.61 Å². The minimum absolute atomic E-state index is 0.0498. The molecule has 0 bridgehead atoms. The van der Waals surface area contributed by atoms with Gasteiger partial charge >= 0.3 is 0 Å². The Labute approximate surface area is 120 Å². The molecule has 0 unspecified atom stereocenters. The molecule has 2 aromatic carbocycles. The lowest BCUT2D eigenvalue weighted by atomic mass is 10.1. The largest absolute Gasteiger partial charge is 0.392 e. The molecule has 2 N–H and O–H groups in total. The molecule has 2 rings (SSSR count). The highest BCUT2D eigenvalue weighted by Crippen LogP contribution is 2.22. The number of hydrogen-bond donors (Lipinski definition) is 2. The van der Waals surface area contributed by atoms with Gasteiger partial charge in [-0.2, -0.15) is 0 Å². The Bertz CT molecular complexity index is 577. The lowest BCUT2D eigenvalue weighted by Gasteiger charge is -2.07. The maximum Gasteiger partial charge on any atom is 0.255 e. The zero-order chi connectivity index (χ0) is 13.8. The van der Waals surface area contributed by atoms with E-state index in [4.69, 9.17) is 28.3 Å². The van der Waals surface area contributed by atoms with E-state index in [9.17, 15) is 4.79 Å². The quantitative estimate of drug-likeness (QED) is 0.906. The molecule has 19 heavy (non-hydrogen) atoms. The molecule has 0 fully saturated rings. The van der Waals surface area contributed by atoms with E-state index in [0.717, 1.165) is 5.56 Å². The Morgan fingerprint density at radius 3 is 2.16 bits per heavy atom. The fourth-order valence-corrected chi connectivity index (χ4v) is 2.12. The van der Waals surface area contributed by atoms with Crippen LogP contribution in [0, 0.1) is 0 Å². The minimum atomic E-state index is -0.261. The number of benzene rings is 2. The SMILES string of the molecule is O=C(Nc1cc(Cl)cc(Cl)c1)c1ccc(CO)cc1. The van der Waals surface area contributed by atoms with Crippen LogP contribution in [0.2, 0.25) is 10.0 Å². The van der Waals surface area contributed by atoms with Crippen LogP contribution in [-0.4, -0.2) is 11.0 Å². The molecule has 0 aromatic heterocycles. The maximum atomic E-state index is 12.0. The summed E-state index contributed by atoms with van der Waals surface area (Å²) in [5.41, 5.74) is 1.78. The highest BCUT2D eigenvalue weighted by molar-refractivity contribution is 6.35. The first-order valence-electron chi connectivity index (χ1n) is 5.56. The van der Waals surface area contributed by atoms with Gasteiger partial charge in [0.1, 0.15) is 0 Å². The number of aliphatic hydroxyl groups is 1. The Balaban J connectivity index is 2.15. The number of amides is 1. The smallest absolute Gasteiger partial charge is 0.255 e. The van der Waals surface area contributed by atoms with Crippen molar-refractivity contribution >= 4 is 34.8 Å². The molecular weight excluding hydrogens is 285 g/mol. The van der Waals surface area contributed by atoms with Crippen LogP contribution in [0.4, 0.5) is 5.69 Å². The third-order valence-electron chi connectivity index (χ3n) is 2.52. The van der Waals surface area contributed by atoms with Gasteiger partial charge in [-0.3, -0.25) is 4.79 Å². The molecule has 0 saturated carbocycles. The Morgan fingerprint density at radius 1 is 1.05 bits per heavy atom. The number of halogens is 2. The average molecular weight is 296 g/mol. The predicted molar refractivity (Wildman–Crippen MR) is 76.8 cm³/mol. The fraction of sp³-hybridized carbons (Fsp3) is 0.0714. The molecule has 0 aliphatic rings. The number of anilines is 1. The molecule has 1 amide bonds. The van der Waals surface area contributed by atoms with Crippen molar-refractivity contribution in [1.82, 2.24) is 0 Å². The molecule has 0 aliphatic carbocycles. The minimum Gasteiger partial charge on any atom is -0.392 e. The Kier molecular flexibility index (Phi) is 4.43. The predicted octanol–water partition coefficient (Wildman–Crippen LogP) is 3.74. The number of carbonyl (C=O) groups is 1. The summed E-state index contributed by atoms with van der Waals surface area (Å²) in [6, 6.07) is 11.5. The maximum absolute atomic E-state index is 12.0. The van der Waals surface area contributed by atoms with Gasteiger partial charge in [-0.15, -0.1) is 0 Å². The zero-order valence-corrected chi connectivity index (χ0v) is 11.4. The van der Waals surface area contributed by atoms with E-state index in [1.807, 2.05) is 0 Å². The monoisotopic (exact) mass is 295 g/mol. The average Bonchev–Trinajstić information content (AvgIpc) is 2.37. The Morgan fingerprint density at radius 2 is 1.63 bits per heavy atom. The summed E-state index contributed by atoms with van der Waals surface area (Å²) in [5, 5.41) is 12.6. The highest BCUT2D eigenvalue weighted by atomic mass is 35.5. The molecular formula is C14H11Cl2NO2. The van der Waals surface area contributed by atoms with Gasteiger partial charge in [-0.25, -0.2) is 0 Å². The fourth-order valence-electron chi connectivity index (χ4n) is 1.59. The molecule has 0 aliphatic heterocycles. The van der Waals surface area contributed by atoms with Crippen molar-refractivity contribution in [2.75, 3.05) is 5.32 Å². The summed E-state index contributed by atoms with van der Waals surface area (Å²) >= 11 is 11.7. The number of hydrogen-bond acceptors (Lipinski definition) is 2. The first kappa shape index (κ1) is 13.9. The molecule has 0 spiro atoms. The third-order valence-corrected chi connectivity index (χ3v) is 2.96. The van der Waals surface area contributed by atoms with Crippen molar-refractivity contribution in [3.63, 3.8) is 0 Å². The topological polar surface area (TPSA) is 49.3 Å². The standard InChI is InChI=1S/C14H11Cl2NO2/c15-11-5-12(16)7-13(6-11)17-14(19)10-3-1-9(8-18)2-4-10/h1-7,18H,8H2,(H,17,19). The van der Waals surface area contributed by atoms with Crippen LogP contribution in [0.25, 0.3) is 0 Å². The lowest BCUT2D eigenvalue weighted by Crippen LogP contribution is -2.11. The van der Waals surface area contributed by atoms with Gasteiger partial charge in [0.2, 0.25) is 0 Å². The van der Waals surface area contributed by atoms with E-state index < -0.39 is 0 Å². The first-order chi connectivity index (χ1) is 9.08. The van der Waals surface area contributed by atoms with Crippen LogP contribution < -0.4 is 5.32 Å². The van der Waals surface area contributed by atoms with Gasteiger partial charge in [0.15, 0.2) is 0 Å². The first-order valence-corrected chi connectivity index (χ1v) is 6.31. The van der Waals surface area contributed by atoms with Crippen LogP contribution in [0.3, 0.4) is 0 Å². The van der Waals surface area contributed by atoms with Gasteiger partial charge < -0.3 is 10.4 Å². The van der Waals surface area contributed by atoms with Crippen LogP contribution in [0.15, 0.2) is 42.5 Å². The highest BCUT2D eigenvalue weighted by Gasteiger charge is 2.07. The second kappa shape index (κ2) is 6.06. The van der Waals surface area contributed by atoms with Crippen molar-refractivity contribution < 1.29 is 9.90 Å². The second-order valence-electron chi connectivity index (χ2n) is 3.97. The molecule has 0 radical (unpaired) electrons. The summed E-state index contributed by atoms with van der Waals surface area (Å²) in [5.74, 6) is -0.261. The van der Waals surface area contributed by atoms with Gasteiger partial charge in [0, 0.05) is 21.3 Å².